The highest BCUT2D eigenvalue weighted by Crippen LogP contribution is 2.43. The van der Waals surface area contributed by atoms with Gasteiger partial charge in [0.1, 0.15) is 12.9 Å². The predicted molar refractivity (Wildman–Crippen MR) is 82.3 cm³/mol. The van der Waals surface area contributed by atoms with Gasteiger partial charge in [-0.2, -0.15) is 0 Å². The van der Waals surface area contributed by atoms with E-state index in [2.05, 4.69) is 5.32 Å². The molecule has 0 saturated carbocycles. The van der Waals surface area contributed by atoms with Gasteiger partial charge in [0, 0.05) is 36.3 Å². The minimum Gasteiger partial charge on any atom is -0.495 e. The Labute approximate surface area is 113 Å². The average Bonchev–Trinajstić information content (AvgIpc) is 2.34. The number of benzene rings is 1. The number of nitrogens with two attached hydrogens (primary N) is 1. The van der Waals surface area contributed by atoms with Gasteiger partial charge in [-0.15, -0.1) is 0 Å². The van der Waals surface area contributed by atoms with Crippen molar-refractivity contribution in [2.24, 2.45) is 0 Å². The van der Waals surface area contributed by atoms with E-state index in [0.717, 1.165) is 0 Å². The molecular formula is C13H20N3O2P. The summed E-state index contributed by atoms with van der Waals surface area (Å²) in [5, 5.41) is 10.9. The van der Waals surface area contributed by atoms with E-state index < -0.39 is 7.14 Å². The van der Waals surface area contributed by atoms with Gasteiger partial charge in [0.2, 0.25) is 0 Å². The number of nitrogen functional groups attached to an aromatic ring is 1. The maximum Gasteiger partial charge on any atom is 0.139 e. The number of methoxy groups -OCH3 is 1. The zero-order valence-corrected chi connectivity index (χ0v) is 12.5. The zero-order chi connectivity index (χ0) is 14.6. The monoisotopic (exact) mass is 281 g/mol. The van der Waals surface area contributed by atoms with Crippen molar-refractivity contribution in [1.29, 1.82) is 5.41 Å². The summed E-state index contributed by atoms with van der Waals surface area (Å²) < 4.78 is 17.8. The Morgan fingerprint density at radius 2 is 2.11 bits per heavy atom. The van der Waals surface area contributed by atoms with Gasteiger partial charge >= 0.3 is 0 Å². The normalized spacial score (nSPS) is 12.1. The number of nitrogens with one attached hydrogen (secondary N) is 2. The fourth-order valence-corrected chi connectivity index (χ4v) is 3.33. The van der Waals surface area contributed by atoms with Crippen LogP contribution in [0.2, 0.25) is 0 Å². The Kier molecular flexibility index (Phi) is 4.78. The summed E-state index contributed by atoms with van der Waals surface area (Å²) in [4.78, 5) is 0. The number of anilines is 1. The molecular weight excluding hydrogens is 261 g/mol. The molecule has 0 saturated heterocycles. The first-order valence-electron chi connectivity index (χ1n) is 5.77. The molecule has 0 aliphatic heterocycles. The van der Waals surface area contributed by atoms with Gasteiger partial charge in [0.25, 0.3) is 0 Å². The van der Waals surface area contributed by atoms with E-state index in [-0.39, 0.29) is 0 Å². The molecule has 0 aromatic heterocycles. The lowest BCUT2D eigenvalue weighted by Crippen LogP contribution is -2.15. The van der Waals surface area contributed by atoms with E-state index in [1.54, 1.807) is 38.7 Å². The van der Waals surface area contributed by atoms with Crippen molar-refractivity contribution in [3.63, 3.8) is 0 Å². The van der Waals surface area contributed by atoms with Crippen LogP contribution in [0.1, 0.15) is 5.56 Å². The fraction of sp³-hybridized carbons (Fsp3) is 0.308. The molecule has 0 fully saturated rings. The van der Waals surface area contributed by atoms with Crippen LogP contribution in [0.25, 0.3) is 5.57 Å². The van der Waals surface area contributed by atoms with Gasteiger partial charge in [0.05, 0.1) is 12.4 Å². The van der Waals surface area contributed by atoms with Gasteiger partial charge in [-0.05, 0) is 25.5 Å². The average molecular weight is 281 g/mol. The van der Waals surface area contributed by atoms with E-state index >= 15 is 0 Å². The number of ether oxygens (including phenoxy) is 1. The minimum atomic E-state index is -2.58. The first-order valence-corrected chi connectivity index (χ1v) is 8.37. The molecule has 1 aromatic carbocycles. The summed E-state index contributed by atoms with van der Waals surface area (Å²) in [7, 11) is 0.682. The van der Waals surface area contributed by atoms with Gasteiger partial charge in [0.15, 0.2) is 0 Å². The third kappa shape index (κ3) is 3.18. The molecule has 104 valence electrons. The van der Waals surface area contributed by atoms with Crippen molar-refractivity contribution in [1.82, 2.24) is 5.32 Å². The van der Waals surface area contributed by atoms with Crippen LogP contribution in [-0.2, 0) is 4.57 Å². The minimum absolute atomic E-state index is 0.447. The van der Waals surface area contributed by atoms with E-state index in [1.165, 1.54) is 13.3 Å². The molecule has 0 bridgehead atoms. The first-order chi connectivity index (χ1) is 8.86. The molecule has 5 nitrogen and oxygen atoms in total. The maximum atomic E-state index is 12.4. The summed E-state index contributed by atoms with van der Waals surface area (Å²) >= 11 is 0. The first kappa shape index (κ1) is 15.3. The third-order valence-electron chi connectivity index (χ3n) is 2.67. The maximum absolute atomic E-state index is 12.4. The second-order valence-corrected chi connectivity index (χ2v) is 7.62. The second-order valence-electron chi connectivity index (χ2n) is 4.47. The van der Waals surface area contributed by atoms with Crippen LogP contribution < -0.4 is 21.1 Å². The third-order valence-corrected chi connectivity index (χ3v) is 4.21. The molecule has 0 radical (unpaired) electrons. The second kappa shape index (κ2) is 5.93. The van der Waals surface area contributed by atoms with E-state index in [1.807, 2.05) is 0 Å². The van der Waals surface area contributed by atoms with Gasteiger partial charge in [-0.1, -0.05) is 0 Å². The quantitative estimate of drug-likeness (QED) is 0.436. The van der Waals surface area contributed by atoms with Crippen LogP contribution in [0.3, 0.4) is 0 Å². The standard InChI is InChI=1S/C13H20N3O2P/c1-16-8-9(7-14)10-5-6-11(15)13(12(10)18-2)19(3,4)17/h5-8,14,16H,15H2,1-4H3/b9-8+,14-7?. The van der Waals surface area contributed by atoms with Crippen molar-refractivity contribution in [2.45, 2.75) is 0 Å². The van der Waals surface area contributed by atoms with Crippen molar-refractivity contribution in [3.8, 4) is 5.75 Å². The summed E-state index contributed by atoms with van der Waals surface area (Å²) in [6.07, 6.45) is 2.89. The molecule has 1 rings (SSSR count). The van der Waals surface area contributed by atoms with E-state index in [9.17, 15) is 4.57 Å². The van der Waals surface area contributed by atoms with Crippen molar-refractivity contribution >= 4 is 29.9 Å². The number of hydrogen-bond acceptors (Lipinski definition) is 5. The predicted octanol–water partition coefficient (Wildman–Crippen LogP) is 1.74. The van der Waals surface area contributed by atoms with E-state index in [4.69, 9.17) is 15.9 Å². The highest BCUT2D eigenvalue weighted by molar-refractivity contribution is 7.70. The molecule has 6 heteroatoms. The Bertz CT molecular complexity index is 561. The van der Waals surface area contributed by atoms with Crippen LogP contribution in [0.15, 0.2) is 18.3 Å². The lowest BCUT2D eigenvalue weighted by atomic mass is 10.1. The lowest BCUT2D eigenvalue weighted by Gasteiger charge is -2.18. The lowest BCUT2D eigenvalue weighted by molar-refractivity contribution is 0.417. The zero-order valence-electron chi connectivity index (χ0n) is 11.7. The van der Waals surface area contributed by atoms with Crippen molar-refractivity contribution < 1.29 is 9.30 Å². The molecule has 0 aliphatic carbocycles. The molecule has 0 spiro atoms. The smallest absolute Gasteiger partial charge is 0.139 e. The number of hydrogen-bond donors (Lipinski definition) is 3. The van der Waals surface area contributed by atoms with Crippen LogP contribution in [0.4, 0.5) is 5.69 Å². The molecule has 0 unspecified atom stereocenters. The summed E-state index contributed by atoms with van der Waals surface area (Å²) in [5.74, 6) is 0.471. The Balaban J connectivity index is 3.65. The van der Waals surface area contributed by atoms with Gasteiger partial charge in [-0.25, -0.2) is 0 Å². The summed E-state index contributed by atoms with van der Waals surface area (Å²) in [6.45, 7) is 3.30. The summed E-state index contributed by atoms with van der Waals surface area (Å²) in [6, 6.07) is 3.46. The molecule has 19 heavy (non-hydrogen) atoms. The Morgan fingerprint density at radius 1 is 1.47 bits per heavy atom. The molecule has 4 N–H and O–H groups in total. The Morgan fingerprint density at radius 3 is 2.53 bits per heavy atom. The molecule has 1 aromatic rings. The fourth-order valence-electron chi connectivity index (χ4n) is 1.93. The van der Waals surface area contributed by atoms with Gasteiger partial charge in [-0.3, -0.25) is 0 Å². The Hall–Kier alpha value is -1.74. The van der Waals surface area contributed by atoms with Crippen molar-refractivity contribution in [2.75, 3.05) is 33.2 Å². The van der Waals surface area contributed by atoms with Crippen LogP contribution >= 0.6 is 7.14 Å². The SMILES string of the molecule is CN/C=C(\C=N)c1ccc(N)c(P(C)(C)=O)c1OC. The van der Waals surface area contributed by atoms with E-state index in [0.29, 0.717) is 27.9 Å². The molecule has 0 heterocycles. The highest BCUT2D eigenvalue weighted by Gasteiger charge is 2.23. The molecule has 0 atom stereocenters. The number of rotatable bonds is 5. The van der Waals surface area contributed by atoms with Gasteiger partial charge < -0.3 is 25.8 Å². The van der Waals surface area contributed by atoms with Crippen molar-refractivity contribution in [3.05, 3.63) is 23.9 Å². The van der Waals surface area contributed by atoms with Crippen LogP contribution in [-0.4, -0.2) is 33.7 Å². The summed E-state index contributed by atoms with van der Waals surface area (Å²) in [5.41, 5.74) is 7.70. The molecule has 0 amide bonds. The number of allylic oxidation sites excluding steroid dienone is 1. The largest absolute Gasteiger partial charge is 0.495 e. The van der Waals surface area contributed by atoms with Crippen LogP contribution in [0.5, 0.6) is 5.75 Å². The van der Waals surface area contributed by atoms with Crippen LogP contribution in [0, 0.1) is 5.41 Å². The topological polar surface area (TPSA) is 88.2 Å². The highest BCUT2D eigenvalue weighted by atomic mass is 31.2. The molecule has 0 aliphatic rings.